The third kappa shape index (κ3) is 6.84. The van der Waals surface area contributed by atoms with Crippen LogP contribution in [0.4, 0.5) is 4.79 Å². The number of carbonyl (C=O) groups excluding carboxylic acids is 1. The maximum absolute atomic E-state index is 12.5. The molecule has 2 rings (SSSR count). The van der Waals surface area contributed by atoms with Crippen molar-refractivity contribution in [3.8, 4) is 0 Å². The summed E-state index contributed by atoms with van der Waals surface area (Å²) in [5.74, 6) is -1.09. The van der Waals surface area contributed by atoms with E-state index in [1.807, 2.05) is 26.0 Å². The summed E-state index contributed by atoms with van der Waals surface area (Å²) in [4.78, 5) is 25.1. The number of benzene rings is 1. The van der Waals surface area contributed by atoms with Crippen molar-refractivity contribution in [3.63, 3.8) is 0 Å². The Hall–Kier alpha value is -1.79. The van der Waals surface area contributed by atoms with Crippen LogP contribution in [-0.4, -0.2) is 53.0 Å². The lowest BCUT2D eigenvalue weighted by Crippen LogP contribution is -2.56. The molecule has 0 saturated carbocycles. The third-order valence-corrected chi connectivity index (χ3v) is 3.83. The molecule has 6 nitrogen and oxygen atoms in total. The zero-order chi connectivity index (χ0) is 19.9. The Morgan fingerprint density at radius 1 is 1.27 bits per heavy atom. The number of rotatable bonds is 3. The largest absolute Gasteiger partial charge is 0.479 e. The Labute approximate surface area is 160 Å². The topological polar surface area (TPSA) is 76.1 Å². The molecule has 146 valence electrons. The van der Waals surface area contributed by atoms with Crippen molar-refractivity contribution in [1.82, 2.24) is 4.90 Å². The highest BCUT2D eigenvalue weighted by molar-refractivity contribution is 6.30. The smallest absolute Gasteiger partial charge is 0.410 e. The molecule has 2 unspecified atom stereocenters. The normalized spacial score (nSPS) is 20.0. The first-order valence-electron chi connectivity index (χ1n) is 8.74. The molecule has 2 atom stereocenters. The monoisotopic (exact) mass is 385 g/mol. The molecule has 1 saturated heterocycles. The van der Waals surface area contributed by atoms with Crippen LogP contribution >= 0.6 is 11.6 Å². The van der Waals surface area contributed by atoms with Crippen LogP contribution in [0.15, 0.2) is 24.3 Å². The lowest BCUT2D eigenvalue weighted by atomic mass is 10.0. The fourth-order valence-corrected chi connectivity index (χ4v) is 2.58. The molecule has 1 N–H and O–H groups in total. The molecule has 1 aliphatic rings. The van der Waals surface area contributed by atoms with E-state index in [0.29, 0.717) is 11.4 Å². The van der Waals surface area contributed by atoms with Crippen molar-refractivity contribution in [1.29, 1.82) is 0 Å². The number of carboxylic acid groups (broad SMARTS) is 1. The molecule has 1 aromatic carbocycles. The second-order valence-corrected chi connectivity index (χ2v) is 7.21. The van der Waals surface area contributed by atoms with E-state index in [9.17, 15) is 9.59 Å². The third-order valence-electron chi connectivity index (χ3n) is 3.58. The fourth-order valence-electron chi connectivity index (χ4n) is 2.45. The molecule has 1 aromatic rings. The number of nitrogens with zero attached hydrogens (tertiary/aromatic N) is 1. The predicted molar refractivity (Wildman–Crippen MR) is 101 cm³/mol. The highest BCUT2D eigenvalue weighted by atomic mass is 35.5. The van der Waals surface area contributed by atoms with Gasteiger partial charge in [-0.05, 0) is 44.9 Å². The van der Waals surface area contributed by atoms with Gasteiger partial charge in [-0.2, -0.15) is 0 Å². The number of halogens is 1. The standard InChI is InChI=1S/C17H22ClNO5.C2H6/c1-17(2,3)24-16(22)19-9-14(15(20)21)23-10-13(19)8-11-4-6-12(18)7-5-11;1-2/h4-7,13-14H,8-10H2,1-3H3,(H,20,21);1-2H3. The molecule has 0 spiro atoms. The van der Waals surface area contributed by atoms with Crippen molar-refractivity contribution in [2.45, 2.75) is 58.8 Å². The van der Waals surface area contributed by atoms with Crippen LogP contribution in [0.5, 0.6) is 0 Å². The van der Waals surface area contributed by atoms with Gasteiger partial charge in [0.05, 0.1) is 19.2 Å². The summed E-state index contributed by atoms with van der Waals surface area (Å²) in [7, 11) is 0. The maximum atomic E-state index is 12.5. The van der Waals surface area contributed by atoms with Gasteiger partial charge in [0.25, 0.3) is 0 Å². The van der Waals surface area contributed by atoms with E-state index in [1.54, 1.807) is 32.9 Å². The molecule has 0 bridgehead atoms. The predicted octanol–water partition coefficient (Wildman–Crippen LogP) is 4.00. The Balaban J connectivity index is 0.00000163. The van der Waals surface area contributed by atoms with Crippen molar-refractivity contribution in [3.05, 3.63) is 34.9 Å². The van der Waals surface area contributed by atoms with Crippen LogP contribution in [0.3, 0.4) is 0 Å². The summed E-state index contributed by atoms with van der Waals surface area (Å²) in [6.07, 6.45) is -1.04. The summed E-state index contributed by atoms with van der Waals surface area (Å²) >= 11 is 5.89. The first-order valence-corrected chi connectivity index (χ1v) is 9.12. The Morgan fingerprint density at radius 3 is 2.35 bits per heavy atom. The quantitative estimate of drug-likeness (QED) is 0.851. The molecule has 26 heavy (non-hydrogen) atoms. The molecule has 0 radical (unpaired) electrons. The average molecular weight is 386 g/mol. The summed E-state index contributed by atoms with van der Waals surface area (Å²) in [6.45, 7) is 9.41. The van der Waals surface area contributed by atoms with Crippen LogP contribution in [0.1, 0.15) is 40.2 Å². The molecule has 0 aromatic heterocycles. The highest BCUT2D eigenvalue weighted by Crippen LogP contribution is 2.21. The number of hydrogen-bond acceptors (Lipinski definition) is 4. The zero-order valence-corrected chi connectivity index (χ0v) is 16.7. The van der Waals surface area contributed by atoms with E-state index >= 15 is 0 Å². The Morgan fingerprint density at radius 2 is 1.85 bits per heavy atom. The van der Waals surface area contributed by atoms with Crippen LogP contribution in [0.25, 0.3) is 0 Å². The van der Waals surface area contributed by atoms with Crippen LogP contribution in [-0.2, 0) is 20.7 Å². The molecule has 1 aliphatic heterocycles. The summed E-state index contributed by atoms with van der Waals surface area (Å²) < 4.78 is 10.8. The fraction of sp³-hybridized carbons (Fsp3) is 0.579. The van der Waals surface area contributed by atoms with Crippen LogP contribution < -0.4 is 0 Å². The molecule has 1 heterocycles. The van der Waals surface area contributed by atoms with Gasteiger partial charge in [0.2, 0.25) is 0 Å². The molecule has 1 fully saturated rings. The maximum Gasteiger partial charge on any atom is 0.410 e. The van der Waals surface area contributed by atoms with E-state index in [2.05, 4.69) is 0 Å². The molecule has 1 amide bonds. The van der Waals surface area contributed by atoms with Crippen molar-refractivity contribution in [2.24, 2.45) is 0 Å². The Bertz CT molecular complexity index is 597. The van der Waals surface area contributed by atoms with Gasteiger partial charge in [0.15, 0.2) is 6.10 Å². The number of carboxylic acids is 1. The average Bonchev–Trinajstić information content (AvgIpc) is 2.57. The van der Waals surface area contributed by atoms with Gasteiger partial charge in [-0.15, -0.1) is 0 Å². The number of ether oxygens (including phenoxy) is 2. The molecule has 7 heteroatoms. The van der Waals surface area contributed by atoms with Gasteiger partial charge in [-0.25, -0.2) is 9.59 Å². The van der Waals surface area contributed by atoms with Crippen molar-refractivity contribution in [2.75, 3.05) is 13.2 Å². The van der Waals surface area contributed by atoms with E-state index in [-0.39, 0.29) is 19.2 Å². The lowest BCUT2D eigenvalue weighted by Gasteiger charge is -2.39. The first kappa shape index (κ1) is 22.3. The van der Waals surface area contributed by atoms with Gasteiger partial charge in [0, 0.05) is 5.02 Å². The molecular weight excluding hydrogens is 358 g/mol. The second kappa shape index (κ2) is 9.78. The summed E-state index contributed by atoms with van der Waals surface area (Å²) in [5.41, 5.74) is 0.328. The zero-order valence-electron chi connectivity index (χ0n) is 16.0. The van der Waals surface area contributed by atoms with Crippen molar-refractivity contribution >= 4 is 23.7 Å². The number of carbonyl (C=O) groups is 2. The van der Waals surface area contributed by atoms with Gasteiger partial charge >= 0.3 is 12.1 Å². The van der Waals surface area contributed by atoms with E-state index in [1.165, 1.54) is 4.90 Å². The van der Waals surface area contributed by atoms with Crippen molar-refractivity contribution < 1.29 is 24.2 Å². The molecule has 0 aliphatic carbocycles. The minimum absolute atomic E-state index is 0.0392. The van der Waals surface area contributed by atoms with E-state index in [0.717, 1.165) is 5.56 Å². The number of amides is 1. The number of morpholine rings is 1. The van der Waals surface area contributed by atoms with Gasteiger partial charge in [0.1, 0.15) is 5.60 Å². The summed E-state index contributed by atoms with van der Waals surface area (Å²) in [6, 6.07) is 7.01. The first-order chi connectivity index (χ1) is 12.2. The number of aliphatic carboxylic acids is 1. The van der Waals surface area contributed by atoms with Gasteiger partial charge < -0.3 is 14.6 Å². The van der Waals surface area contributed by atoms with Gasteiger partial charge in [-0.1, -0.05) is 37.6 Å². The van der Waals surface area contributed by atoms with Crippen LogP contribution in [0, 0.1) is 0 Å². The van der Waals surface area contributed by atoms with Crippen LogP contribution in [0.2, 0.25) is 5.02 Å². The van der Waals surface area contributed by atoms with E-state index in [4.69, 9.17) is 26.2 Å². The summed E-state index contributed by atoms with van der Waals surface area (Å²) in [5, 5.41) is 9.79. The minimum Gasteiger partial charge on any atom is -0.479 e. The Kier molecular flexibility index (Phi) is 8.37. The number of hydrogen-bond donors (Lipinski definition) is 1. The highest BCUT2D eigenvalue weighted by Gasteiger charge is 2.37. The van der Waals surface area contributed by atoms with Gasteiger partial charge in [-0.3, -0.25) is 4.90 Å². The lowest BCUT2D eigenvalue weighted by molar-refractivity contribution is -0.158. The van der Waals surface area contributed by atoms with E-state index < -0.39 is 23.8 Å². The SMILES string of the molecule is CC.CC(C)(C)OC(=O)N1CC(C(=O)O)OCC1Cc1ccc(Cl)cc1. The minimum atomic E-state index is -1.09. The molecular formula is C19H28ClNO5. The second-order valence-electron chi connectivity index (χ2n) is 6.78.